The normalized spacial score (nSPS) is 11.9. The Morgan fingerprint density at radius 1 is 0.492 bits per heavy atom. The van der Waals surface area contributed by atoms with Crippen LogP contribution in [0, 0.1) is 17.9 Å². The molecule has 0 saturated carbocycles. The highest BCUT2D eigenvalue weighted by molar-refractivity contribution is 6.34. The molecule has 4 heterocycles. The smallest absolute Gasteiger partial charge is 0.220 e. The number of nitrogens with zero attached hydrogens (tertiary/aromatic N) is 5. The number of nitriles is 1. The zero-order chi connectivity index (χ0) is 40.3. The molecule has 0 bridgehead atoms. The fraction of sp³-hybridized carbons (Fsp3) is 0. The van der Waals surface area contributed by atoms with Crippen molar-refractivity contribution in [3.05, 3.63) is 193 Å². The lowest BCUT2D eigenvalue weighted by molar-refractivity contribution is 0.669. The number of rotatable bonds is 4. The summed E-state index contributed by atoms with van der Waals surface area (Å²) in [6.07, 6.45) is 1.86. The third-order valence-electron chi connectivity index (χ3n) is 12.6. The molecule has 9 aromatic carbocycles. The van der Waals surface area contributed by atoms with Gasteiger partial charge in [0.05, 0.1) is 51.1 Å². The second kappa shape index (κ2) is 12.4. The molecule has 0 N–H and O–H groups in total. The highest BCUT2D eigenvalue weighted by atomic mass is 16.3. The Bertz CT molecular complexity index is 3980. The lowest BCUT2D eigenvalue weighted by Gasteiger charge is -2.25. The molecular formula is C55H29N5O. The molecule has 61 heavy (non-hydrogen) atoms. The van der Waals surface area contributed by atoms with Gasteiger partial charge in [-0.2, -0.15) is 5.26 Å². The SMILES string of the molecule is [C-]#[N+]c1c(-c2ccccc2)c(C#N)c(-n2c3ccccc3c3cc4oc5ccccc5c4cc32)c(-c2ccccc2)c1-n1c2cccc3c4cccnc4c4cccc1c4c32. The van der Waals surface area contributed by atoms with Gasteiger partial charge in [0.1, 0.15) is 17.2 Å². The number of hydrogen-bond acceptors (Lipinski definition) is 3. The maximum Gasteiger partial charge on any atom is 0.220 e. The van der Waals surface area contributed by atoms with Crippen LogP contribution in [0.25, 0.3) is 126 Å². The number of aromatic nitrogens is 3. The zero-order valence-corrected chi connectivity index (χ0v) is 32.4. The van der Waals surface area contributed by atoms with E-state index in [1.54, 1.807) is 0 Å². The number of para-hydroxylation sites is 2. The predicted octanol–water partition coefficient (Wildman–Crippen LogP) is 14.7. The lowest BCUT2D eigenvalue weighted by atomic mass is 9.88. The van der Waals surface area contributed by atoms with Gasteiger partial charge >= 0.3 is 0 Å². The van der Waals surface area contributed by atoms with Crippen molar-refractivity contribution >= 4 is 92.9 Å². The molecule has 0 atom stereocenters. The van der Waals surface area contributed by atoms with Gasteiger partial charge in [-0.1, -0.05) is 127 Å². The van der Waals surface area contributed by atoms with Crippen LogP contribution in [0.4, 0.5) is 5.69 Å². The minimum absolute atomic E-state index is 0.402. The first kappa shape index (κ1) is 33.3. The van der Waals surface area contributed by atoms with Gasteiger partial charge in [-0.05, 0) is 59.0 Å². The first-order valence-electron chi connectivity index (χ1n) is 20.2. The van der Waals surface area contributed by atoms with E-state index in [-0.39, 0.29) is 0 Å². The van der Waals surface area contributed by atoms with Gasteiger partial charge in [0.2, 0.25) is 5.69 Å². The van der Waals surface area contributed by atoms with Gasteiger partial charge < -0.3 is 13.6 Å². The summed E-state index contributed by atoms with van der Waals surface area (Å²) in [6, 6.07) is 60.7. The van der Waals surface area contributed by atoms with Crippen molar-refractivity contribution in [2.45, 2.75) is 0 Å². The maximum atomic E-state index is 11.7. The molecule has 4 aromatic heterocycles. The molecule has 280 valence electrons. The highest BCUT2D eigenvalue weighted by Gasteiger charge is 2.32. The van der Waals surface area contributed by atoms with Crippen molar-refractivity contribution in [2.75, 3.05) is 0 Å². The molecule has 13 rings (SSSR count). The number of furan rings is 1. The van der Waals surface area contributed by atoms with Crippen LogP contribution in [0.2, 0.25) is 0 Å². The predicted molar refractivity (Wildman–Crippen MR) is 248 cm³/mol. The molecule has 13 aromatic rings. The van der Waals surface area contributed by atoms with Crippen molar-refractivity contribution in [3.63, 3.8) is 0 Å². The van der Waals surface area contributed by atoms with E-state index in [2.05, 4.69) is 117 Å². The molecule has 0 radical (unpaired) electrons. The summed E-state index contributed by atoms with van der Waals surface area (Å²) in [6.45, 7) is 9.16. The van der Waals surface area contributed by atoms with Gasteiger partial charge in [-0.25, -0.2) is 4.85 Å². The van der Waals surface area contributed by atoms with Gasteiger partial charge in [0, 0.05) is 60.4 Å². The fourth-order valence-electron chi connectivity index (χ4n) is 10.2. The first-order valence-corrected chi connectivity index (χ1v) is 20.2. The Morgan fingerprint density at radius 2 is 1.10 bits per heavy atom. The first-order chi connectivity index (χ1) is 30.2. The maximum absolute atomic E-state index is 11.7. The van der Waals surface area contributed by atoms with E-state index in [1.807, 2.05) is 79.0 Å². The Balaban J connectivity index is 1.32. The standard InChI is InChI=1S/C55H29N5O/c1-57-53-48(32-15-4-2-5-16-32)41(31-56)54(59-42-24-10-8-19-34(42)39-30-47-40(29-45(39)59)35-20-9-11-27-46(35)61-47)49(33-17-6-3-7-18-33)55(53)60-43-25-12-21-36-37-23-14-28-58-52(37)38-22-13-26-44(60)51(38)50(36)43/h2-30H. The minimum Gasteiger partial charge on any atom is -0.456 e. The van der Waals surface area contributed by atoms with Gasteiger partial charge in [0.25, 0.3) is 0 Å². The number of fused-ring (bicyclic) bond motifs is 9. The monoisotopic (exact) mass is 775 g/mol. The fourth-order valence-corrected chi connectivity index (χ4v) is 10.2. The lowest BCUT2D eigenvalue weighted by Crippen LogP contribution is -2.08. The third kappa shape index (κ3) is 4.40. The number of benzene rings is 9. The molecule has 0 amide bonds. The molecule has 0 aliphatic rings. The Labute approximate surface area is 348 Å². The molecule has 6 heteroatoms. The average molecular weight is 776 g/mol. The van der Waals surface area contributed by atoms with Crippen LogP contribution < -0.4 is 0 Å². The van der Waals surface area contributed by atoms with E-state index in [0.717, 1.165) is 104 Å². The summed E-state index contributed by atoms with van der Waals surface area (Å²) in [4.78, 5) is 9.40. The second-order valence-electron chi connectivity index (χ2n) is 15.6. The van der Waals surface area contributed by atoms with E-state index < -0.39 is 0 Å². The third-order valence-corrected chi connectivity index (χ3v) is 12.6. The summed E-state index contributed by atoms with van der Waals surface area (Å²) in [7, 11) is 0. The van der Waals surface area contributed by atoms with Gasteiger partial charge in [-0.15, -0.1) is 0 Å². The Morgan fingerprint density at radius 3 is 1.85 bits per heavy atom. The summed E-state index contributed by atoms with van der Waals surface area (Å²) in [5, 5.41) is 21.2. The van der Waals surface area contributed by atoms with Gasteiger partial charge in [0.15, 0.2) is 0 Å². The van der Waals surface area contributed by atoms with E-state index in [1.165, 1.54) is 0 Å². The van der Waals surface area contributed by atoms with Crippen LogP contribution in [0.15, 0.2) is 180 Å². The van der Waals surface area contributed by atoms with Crippen LogP contribution in [0.1, 0.15) is 5.56 Å². The van der Waals surface area contributed by atoms with Crippen molar-refractivity contribution in [1.82, 2.24) is 14.1 Å². The molecule has 6 nitrogen and oxygen atoms in total. The molecule has 0 aliphatic heterocycles. The zero-order valence-electron chi connectivity index (χ0n) is 32.4. The topological polar surface area (TPSA) is 64.0 Å². The molecule has 0 spiro atoms. The van der Waals surface area contributed by atoms with Crippen LogP contribution in [0.3, 0.4) is 0 Å². The van der Waals surface area contributed by atoms with Crippen LogP contribution in [-0.4, -0.2) is 14.1 Å². The van der Waals surface area contributed by atoms with Crippen molar-refractivity contribution in [2.24, 2.45) is 0 Å². The van der Waals surface area contributed by atoms with Crippen LogP contribution >= 0.6 is 0 Å². The second-order valence-corrected chi connectivity index (χ2v) is 15.6. The summed E-state index contributed by atoms with van der Waals surface area (Å²) in [5.74, 6) is 0. The molecule has 0 saturated heterocycles. The number of hydrogen-bond donors (Lipinski definition) is 0. The summed E-state index contributed by atoms with van der Waals surface area (Å²) < 4.78 is 11.0. The van der Waals surface area contributed by atoms with Crippen LogP contribution in [0.5, 0.6) is 0 Å². The van der Waals surface area contributed by atoms with Crippen molar-refractivity contribution in [3.8, 4) is 39.7 Å². The van der Waals surface area contributed by atoms with E-state index in [4.69, 9.17) is 16.0 Å². The van der Waals surface area contributed by atoms with Crippen molar-refractivity contribution in [1.29, 1.82) is 5.26 Å². The van der Waals surface area contributed by atoms with E-state index in [0.29, 0.717) is 28.2 Å². The molecule has 0 unspecified atom stereocenters. The molecule has 0 aliphatic carbocycles. The van der Waals surface area contributed by atoms with Crippen LogP contribution in [-0.2, 0) is 0 Å². The molecular weight excluding hydrogens is 747 g/mol. The van der Waals surface area contributed by atoms with E-state index in [9.17, 15) is 5.26 Å². The molecule has 0 fully saturated rings. The van der Waals surface area contributed by atoms with Gasteiger partial charge in [-0.3, -0.25) is 4.98 Å². The van der Waals surface area contributed by atoms with Crippen molar-refractivity contribution < 1.29 is 4.42 Å². The van der Waals surface area contributed by atoms with E-state index >= 15 is 0 Å². The Kier molecular flexibility index (Phi) is 6.76. The Hall–Kier alpha value is -8.71. The summed E-state index contributed by atoms with van der Waals surface area (Å²) in [5.41, 5.74) is 11.6. The quantitative estimate of drug-likeness (QED) is 0.132. The summed E-state index contributed by atoms with van der Waals surface area (Å²) >= 11 is 0. The largest absolute Gasteiger partial charge is 0.456 e. The minimum atomic E-state index is 0.402. The average Bonchev–Trinajstić information content (AvgIpc) is 3.97. The number of pyridine rings is 1. The highest BCUT2D eigenvalue weighted by Crippen LogP contribution is 2.53.